The average Bonchev–Trinajstić information content (AvgIpc) is 3.61. The summed E-state index contributed by atoms with van der Waals surface area (Å²) in [5.74, 6) is 1.28. The van der Waals surface area contributed by atoms with Crippen LogP contribution in [0.2, 0.25) is 0 Å². The number of nitrogens with zero attached hydrogens (tertiary/aromatic N) is 4. The molecule has 0 spiro atoms. The van der Waals surface area contributed by atoms with Crippen LogP contribution in [0.25, 0.3) is 5.65 Å². The fourth-order valence-electron chi connectivity index (χ4n) is 3.07. The van der Waals surface area contributed by atoms with E-state index in [2.05, 4.69) is 31.0 Å². The Morgan fingerprint density at radius 2 is 2.21 bits per heavy atom. The molecule has 0 saturated heterocycles. The number of amides is 1. The van der Waals surface area contributed by atoms with E-state index in [9.17, 15) is 9.18 Å². The van der Waals surface area contributed by atoms with Gasteiger partial charge in [-0.2, -0.15) is 9.61 Å². The van der Waals surface area contributed by atoms with Gasteiger partial charge in [-0.15, -0.1) is 0 Å². The van der Waals surface area contributed by atoms with Crippen molar-refractivity contribution in [3.63, 3.8) is 0 Å². The summed E-state index contributed by atoms with van der Waals surface area (Å²) in [6.45, 7) is 0. The Balaban J connectivity index is 1.52. The summed E-state index contributed by atoms with van der Waals surface area (Å²) in [7, 11) is 1.54. The van der Waals surface area contributed by atoms with E-state index in [0.717, 1.165) is 18.7 Å². The molecule has 0 aliphatic heterocycles. The maximum atomic E-state index is 13.2. The fourth-order valence-corrected chi connectivity index (χ4v) is 3.07. The van der Waals surface area contributed by atoms with Crippen LogP contribution in [0.15, 0.2) is 30.6 Å². The number of hydrogen-bond acceptors (Lipinski definition) is 7. The van der Waals surface area contributed by atoms with Crippen LogP contribution < -0.4 is 20.7 Å². The van der Waals surface area contributed by atoms with Gasteiger partial charge in [-0.25, -0.2) is 14.4 Å². The minimum atomic E-state index is -0.976. The quantitative estimate of drug-likeness (QED) is 0.562. The monoisotopic (exact) mass is 397 g/mol. The Hall–Kier alpha value is -3.43. The number of carbonyl (C=O) groups is 1. The number of nitrogens with one attached hydrogen (secondary N) is 3. The largest absolute Gasteiger partial charge is 0.480 e. The van der Waals surface area contributed by atoms with Crippen LogP contribution in [0, 0.1) is 0 Å². The molecule has 9 nitrogen and oxygen atoms in total. The van der Waals surface area contributed by atoms with Gasteiger partial charge in [0.25, 0.3) is 5.91 Å². The zero-order chi connectivity index (χ0) is 20.0. The molecule has 2 atom stereocenters. The number of aromatic nitrogens is 4. The van der Waals surface area contributed by atoms with Crippen molar-refractivity contribution in [1.82, 2.24) is 24.9 Å². The summed E-state index contributed by atoms with van der Waals surface area (Å²) in [6.07, 6.45) is 4.63. The number of rotatable bonds is 7. The summed E-state index contributed by atoms with van der Waals surface area (Å²) >= 11 is 0. The third-order valence-corrected chi connectivity index (χ3v) is 4.90. The molecule has 10 heteroatoms. The Kier molecular flexibility index (Phi) is 4.18. The van der Waals surface area contributed by atoms with Crippen LogP contribution in [-0.2, 0) is 0 Å². The molecule has 1 amide bonds. The van der Waals surface area contributed by atoms with E-state index in [1.807, 2.05) is 12.1 Å². The number of carbonyl (C=O) groups excluding carboxylic acids is 1. The molecule has 0 bridgehead atoms. The molecule has 0 radical (unpaired) electrons. The van der Waals surface area contributed by atoms with Gasteiger partial charge in [0.05, 0.1) is 19.3 Å². The molecule has 29 heavy (non-hydrogen) atoms. The molecule has 2 saturated carbocycles. The van der Waals surface area contributed by atoms with Crippen LogP contribution >= 0.6 is 0 Å². The van der Waals surface area contributed by atoms with Crippen molar-refractivity contribution in [2.45, 2.75) is 37.5 Å². The lowest BCUT2D eigenvalue weighted by molar-refractivity contribution is 0.0949. The predicted molar refractivity (Wildman–Crippen MR) is 104 cm³/mol. The number of fused-ring (bicyclic) bond motifs is 1. The molecule has 2 aliphatic carbocycles. The first-order valence-electron chi connectivity index (χ1n) is 9.48. The normalized spacial score (nSPS) is 20.3. The number of anilines is 3. The Bertz CT molecular complexity index is 1080. The topological polar surface area (TPSA) is 105 Å². The van der Waals surface area contributed by atoms with Crippen molar-refractivity contribution in [1.29, 1.82) is 0 Å². The zero-order valence-corrected chi connectivity index (χ0v) is 15.7. The minimum Gasteiger partial charge on any atom is -0.480 e. The number of ether oxygens (including phenoxy) is 1. The van der Waals surface area contributed by atoms with E-state index >= 15 is 0 Å². The second kappa shape index (κ2) is 6.87. The molecule has 3 N–H and O–H groups in total. The van der Waals surface area contributed by atoms with Gasteiger partial charge < -0.3 is 20.7 Å². The van der Waals surface area contributed by atoms with Crippen molar-refractivity contribution in [3.05, 3.63) is 36.2 Å². The third kappa shape index (κ3) is 3.53. The lowest BCUT2D eigenvalue weighted by atomic mass is 10.3. The van der Waals surface area contributed by atoms with Crippen molar-refractivity contribution >= 4 is 28.9 Å². The second-order valence-electron chi connectivity index (χ2n) is 7.26. The first-order chi connectivity index (χ1) is 14.1. The molecule has 2 aliphatic rings. The van der Waals surface area contributed by atoms with Gasteiger partial charge in [0.1, 0.15) is 29.1 Å². The molecular formula is C19H20FN7O2. The van der Waals surface area contributed by atoms with Crippen molar-refractivity contribution in [3.8, 4) is 5.88 Å². The minimum absolute atomic E-state index is 0.296. The van der Waals surface area contributed by atoms with Gasteiger partial charge in [0, 0.05) is 24.7 Å². The number of alkyl halides is 1. The van der Waals surface area contributed by atoms with Crippen LogP contribution in [0.3, 0.4) is 0 Å². The lowest BCUT2D eigenvalue weighted by Crippen LogP contribution is -2.27. The lowest BCUT2D eigenvalue weighted by Gasteiger charge is -2.13. The Morgan fingerprint density at radius 1 is 1.38 bits per heavy atom. The van der Waals surface area contributed by atoms with Crippen molar-refractivity contribution in [2.24, 2.45) is 0 Å². The average molecular weight is 397 g/mol. The van der Waals surface area contributed by atoms with Gasteiger partial charge in [0.15, 0.2) is 5.65 Å². The summed E-state index contributed by atoms with van der Waals surface area (Å²) < 4.78 is 20.1. The number of halogens is 1. The summed E-state index contributed by atoms with van der Waals surface area (Å²) in [5, 5.41) is 13.6. The molecule has 3 heterocycles. The van der Waals surface area contributed by atoms with Gasteiger partial charge in [-0.1, -0.05) is 0 Å². The molecule has 3 aromatic rings. The summed E-state index contributed by atoms with van der Waals surface area (Å²) in [5.41, 5.74) is 1.33. The second-order valence-corrected chi connectivity index (χ2v) is 7.26. The van der Waals surface area contributed by atoms with E-state index in [1.54, 1.807) is 23.9 Å². The van der Waals surface area contributed by atoms with Gasteiger partial charge in [-0.3, -0.25) is 4.79 Å². The number of hydrogen-bond donors (Lipinski definition) is 3. The van der Waals surface area contributed by atoms with E-state index in [-0.39, 0.29) is 5.91 Å². The van der Waals surface area contributed by atoms with E-state index in [1.165, 1.54) is 6.20 Å². The first-order valence-corrected chi connectivity index (χ1v) is 9.48. The highest BCUT2D eigenvalue weighted by molar-refractivity contribution is 6.00. The number of methoxy groups -OCH3 is 1. The smallest absolute Gasteiger partial charge is 0.257 e. The molecule has 0 aromatic carbocycles. The van der Waals surface area contributed by atoms with Crippen LogP contribution in [0.4, 0.5) is 21.7 Å². The Morgan fingerprint density at radius 3 is 2.93 bits per heavy atom. The standard InChI is InChI=1S/C19H20FN7O2/c1-29-19-13(3-2-6-21-19)24-15-8-16(23-10-4-5-10)27-17(26-15)11(9-22-27)18(28)25-14-7-12(14)20/h2-3,6,8-10,12,14,23H,4-5,7H2,1H3,(H,24,26)(H,25,28)/t12-,14?/m0/s1. The summed E-state index contributed by atoms with van der Waals surface area (Å²) in [4.78, 5) is 21.3. The van der Waals surface area contributed by atoms with Gasteiger partial charge in [0.2, 0.25) is 5.88 Å². The van der Waals surface area contributed by atoms with Crippen molar-refractivity contribution < 1.29 is 13.9 Å². The zero-order valence-electron chi connectivity index (χ0n) is 15.7. The van der Waals surface area contributed by atoms with E-state index < -0.39 is 12.2 Å². The fraction of sp³-hybridized carbons (Fsp3) is 0.368. The van der Waals surface area contributed by atoms with E-state index in [0.29, 0.717) is 41.1 Å². The van der Waals surface area contributed by atoms with Crippen LogP contribution in [0.1, 0.15) is 29.6 Å². The predicted octanol–water partition coefficient (Wildman–Crippen LogP) is 2.29. The third-order valence-electron chi connectivity index (χ3n) is 4.90. The molecule has 150 valence electrons. The maximum Gasteiger partial charge on any atom is 0.257 e. The number of pyridine rings is 1. The van der Waals surface area contributed by atoms with Crippen LogP contribution in [0.5, 0.6) is 5.88 Å². The van der Waals surface area contributed by atoms with Crippen LogP contribution in [-0.4, -0.2) is 50.9 Å². The molecular weight excluding hydrogens is 377 g/mol. The highest BCUT2D eigenvalue weighted by Crippen LogP contribution is 2.30. The first kappa shape index (κ1) is 17.7. The molecule has 1 unspecified atom stereocenters. The molecule has 5 rings (SSSR count). The van der Waals surface area contributed by atoms with Crippen molar-refractivity contribution in [2.75, 3.05) is 17.7 Å². The van der Waals surface area contributed by atoms with Gasteiger partial charge >= 0.3 is 0 Å². The summed E-state index contributed by atoms with van der Waals surface area (Å²) in [6, 6.07) is 5.38. The maximum absolute atomic E-state index is 13.2. The Labute approximate surface area is 165 Å². The molecule has 3 aromatic heterocycles. The van der Waals surface area contributed by atoms with E-state index in [4.69, 9.17) is 4.74 Å². The highest BCUT2D eigenvalue weighted by atomic mass is 19.1. The highest BCUT2D eigenvalue weighted by Gasteiger charge is 2.39. The SMILES string of the molecule is COc1ncccc1Nc1cc(NC2CC2)n2ncc(C(=O)NC3C[C@@H]3F)c2n1. The van der Waals surface area contributed by atoms with Gasteiger partial charge in [-0.05, 0) is 25.0 Å². The molecule has 2 fully saturated rings.